The van der Waals surface area contributed by atoms with Gasteiger partial charge >= 0.3 is 0 Å². The molecule has 3 aromatic heterocycles. The number of aromatic nitrogens is 3. The fourth-order valence-electron chi connectivity index (χ4n) is 3.13. The Kier molecular flexibility index (Phi) is 4.85. The first-order valence-corrected chi connectivity index (χ1v) is 9.52. The van der Waals surface area contributed by atoms with E-state index in [0.717, 1.165) is 29.6 Å². The van der Waals surface area contributed by atoms with Crippen LogP contribution >= 0.6 is 0 Å². The molecule has 0 bridgehead atoms. The van der Waals surface area contributed by atoms with Crippen LogP contribution in [0.3, 0.4) is 0 Å². The highest BCUT2D eigenvalue weighted by molar-refractivity contribution is 6.05. The van der Waals surface area contributed by atoms with Gasteiger partial charge in [0.15, 0.2) is 11.4 Å². The fraction of sp³-hybridized carbons (Fsp3) is 0.400. The van der Waals surface area contributed by atoms with Crippen molar-refractivity contribution in [1.82, 2.24) is 25.4 Å². The van der Waals surface area contributed by atoms with Crippen molar-refractivity contribution in [3.05, 3.63) is 47.7 Å². The zero-order valence-electron chi connectivity index (χ0n) is 15.9. The third-order valence-electron chi connectivity index (χ3n) is 4.76. The maximum atomic E-state index is 12.8. The number of amides is 2. The molecule has 146 valence electrons. The number of hydrogen-bond acceptors (Lipinski definition) is 5. The van der Waals surface area contributed by atoms with Crippen molar-refractivity contribution in [2.75, 3.05) is 13.1 Å². The van der Waals surface area contributed by atoms with E-state index in [0.29, 0.717) is 24.6 Å². The second-order valence-electron chi connectivity index (χ2n) is 7.28. The van der Waals surface area contributed by atoms with Crippen LogP contribution in [-0.2, 0) is 0 Å². The van der Waals surface area contributed by atoms with Gasteiger partial charge in [-0.3, -0.25) is 9.59 Å². The minimum atomic E-state index is -0.306. The highest BCUT2D eigenvalue weighted by Gasteiger charge is 2.28. The Labute approximate surface area is 162 Å². The molecule has 0 spiro atoms. The summed E-state index contributed by atoms with van der Waals surface area (Å²) in [6, 6.07) is 5.28. The number of hydrogen-bond donors (Lipinski definition) is 2. The second kappa shape index (κ2) is 7.46. The number of pyridine rings is 1. The van der Waals surface area contributed by atoms with E-state index in [4.69, 9.17) is 9.40 Å². The molecule has 0 saturated heterocycles. The van der Waals surface area contributed by atoms with Crippen LogP contribution in [0.4, 0.5) is 0 Å². The Morgan fingerprint density at radius 3 is 2.64 bits per heavy atom. The third kappa shape index (κ3) is 3.62. The zero-order chi connectivity index (χ0) is 19.7. The normalized spacial score (nSPS) is 13.8. The van der Waals surface area contributed by atoms with Crippen LogP contribution in [0.25, 0.3) is 11.0 Å². The van der Waals surface area contributed by atoms with Gasteiger partial charge in [-0.05, 0) is 44.9 Å². The van der Waals surface area contributed by atoms with Crippen LogP contribution in [-0.4, -0.2) is 39.7 Å². The van der Waals surface area contributed by atoms with E-state index in [9.17, 15) is 9.59 Å². The van der Waals surface area contributed by atoms with Crippen LogP contribution in [0.2, 0.25) is 0 Å². The molecule has 3 heterocycles. The van der Waals surface area contributed by atoms with Gasteiger partial charge in [-0.15, -0.1) is 0 Å². The summed E-state index contributed by atoms with van der Waals surface area (Å²) >= 11 is 0. The van der Waals surface area contributed by atoms with Gasteiger partial charge in [0.2, 0.25) is 0 Å². The van der Waals surface area contributed by atoms with Crippen LogP contribution in [0.5, 0.6) is 0 Å². The third-order valence-corrected chi connectivity index (χ3v) is 4.76. The van der Waals surface area contributed by atoms with Crippen LogP contribution < -0.4 is 10.6 Å². The summed E-state index contributed by atoms with van der Waals surface area (Å²) in [7, 11) is 0. The Hall–Kier alpha value is -3.16. The zero-order valence-corrected chi connectivity index (χ0v) is 15.9. The van der Waals surface area contributed by atoms with E-state index < -0.39 is 0 Å². The molecule has 0 aliphatic heterocycles. The molecule has 0 radical (unpaired) electrons. The number of fused-ring (bicyclic) bond motifs is 1. The van der Waals surface area contributed by atoms with Gasteiger partial charge in [0.1, 0.15) is 0 Å². The first-order chi connectivity index (χ1) is 13.5. The van der Waals surface area contributed by atoms with Crippen molar-refractivity contribution in [1.29, 1.82) is 0 Å². The average molecular weight is 381 g/mol. The molecule has 0 aromatic carbocycles. The van der Waals surface area contributed by atoms with Crippen molar-refractivity contribution in [3.8, 4) is 0 Å². The number of nitrogens with zero attached hydrogens (tertiary/aromatic N) is 3. The average Bonchev–Trinajstić information content (AvgIpc) is 3.21. The standard InChI is InChI=1S/C20H23N5O3/c1-12(2)25-18-15(11-23-25)14(10-16(24-18)13-5-6-13)19(26)21-7-8-22-20(27)17-4-3-9-28-17/h3-4,9-13H,5-8H2,1-2H3,(H,21,26)(H,22,27). The quantitative estimate of drug-likeness (QED) is 0.613. The molecule has 0 atom stereocenters. The Bertz CT molecular complexity index is 1000. The summed E-state index contributed by atoms with van der Waals surface area (Å²) in [5, 5.41) is 10.7. The lowest BCUT2D eigenvalue weighted by Gasteiger charge is -2.11. The summed E-state index contributed by atoms with van der Waals surface area (Å²) < 4.78 is 6.89. The lowest BCUT2D eigenvalue weighted by Crippen LogP contribution is -2.34. The fourth-order valence-corrected chi connectivity index (χ4v) is 3.13. The number of carbonyl (C=O) groups excluding carboxylic acids is 2. The van der Waals surface area contributed by atoms with Crippen molar-refractivity contribution < 1.29 is 14.0 Å². The van der Waals surface area contributed by atoms with Gasteiger partial charge in [0.05, 0.1) is 23.4 Å². The molecule has 3 aromatic rings. The predicted molar refractivity (Wildman–Crippen MR) is 103 cm³/mol. The lowest BCUT2D eigenvalue weighted by molar-refractivity contribution is 0.0911. The topological polar surface area (TPSA) is 102 Å². The minimum absolute atomic E-state index is 0.159. The first-order valence-electron chi connectivity index (χ1n) is 9.52. The SMILES string of the molecule is CC(C)n1ncc2c(C(=O)NCCNC(=O)c3ccco3)cc(C3CC3)nc21. The largest absolute Gasteiger partial charge is 0.459 e. The van der Waals surface area contributed by atoms with Crippen molar-refractivity contribution in [2.24, 2.45) is 0 Å². The van der Waals surface area contributed by atoms with Crippen molar-refractivity contribution >= 4 is 22.8 Å². The van der Waals surface area contributed by atoms with Gasteiger partial charge in [-0.1, -0.05) is 0 Å². The number of nitrogens with one attached hydrogen (secondary N) is 2. The summed E-state index contributed by atoms with van der Waals surface area (Å²) in [6.45, 7) is 4.70. The van der Waals surface area contributed by atoms with E-state index in [1.165, 1.54) is 6.26 Å². The van der Waals surface area contributed by atoms with Crippen molar-refractivity contribution in [2.45, 2.75) is 38.6 Å². The molecule has 28 heavy (non-hydrogen) atoms. The molecule has 1 saturated carbocycles. The molecular weight excluding hydrogens is 358 g/mol. The summed E-state index contributed by atoms with van der Waals surface area (Å²) in [5.41, 5.74) is 2.28. The van der Waals surface area contributed by atoms with Crippen LogP contribution in [0.1, 0.15) is 65.3 Å². The Morgan fingerprint density at radius 1 is 1.25 bits per heavy atom. The van der Waals surface area contributed by atoms with Gasteiger partial charge < -0.3 is 15.1 Å². The first kappa shape index (κ1) is 18.2. The van der Waals surface area contributed by atoms with E-state index in [1.54, 1.807) is 18.3 Å². The lowest BCUT2D eigenvalue weighted by atomic mass is 10.1. The van der Waals surface area contributed by atoms with Crippen LogP contribution in [0.15, 0.2) is 35.1 Å². The van der Waals surface area contributed by atoms with Crippen LogP contribution in [0, 0.1) is 0 Å². The Balaban J connectivity index is 1.46. The molecule has 2 N–H and O–H groups in total. The molecule has 8 heteroatoms. The highest BCUT2D eigenvalue weighted by atomic mass is 16.3. The van der Waals surface area contributed by atoms with Gasteiger partial charge in [-0.25, -0.2) is 9.67 Å². The summed E-state index contributed by atoms with van der Waals surface area (Å²) in [4.78, 5) is 29.4. The second-order valence-corrected chi connectivity index (χ2v) is 7.28. The molecule has 1 aliphatic rings. The molecule has 8 nitrogen and oxygen atoms in total. The summed E-state index contributed by atoms with van der Waals surface area (Å²) in [6.07, 6.45) is 5.36. The van der Waals surface area contributed by atoms with Gasteiger partial charge in [-0.2, -0.15) is 5.10 Å². The molecule has 1 fully saturated rings. The number of furan rings is 1. The number of carbonyl (C=O) groups is 2. The summed E-state index contributed by atoms with van der Waals surface area (Å²) in [5.74, 6) is 0.182. The Morgan fingerprint density at radius 2 is 2.00 bits per heavy atom. The van der Waals surface area contributed by atoms with Gasteiger partial charge in [0, 0.05) is 30.7 Å². The van der Waals surface area contributed by atoms with E-state index in [-0.39, 0.29) is 23.6 Å². The smallest absolute Gasteiger partial charge is 0.287 e. The minimum Gasteiger partial charge on any atom is -0.459 e. The maximum absolute atomic E-state index is 12.8. The van der Waals surface area contributed by atoms with Gasteiger partial charge in [0.25, 0.3) is 11.8 Å². The molecule has 2 amide bonds. The molecule has 0 unspecified atom stereocenters. The predicted octanol–water partition coefficient (Wildman–Crippen LogP) is 2.64. The van der Waals surface area contributed by atoms with E-state index in [1.807, 2.05) is 24.6 Å². The highest BCUT2D eigenvalue weighted by Crippen LogP contribution is 2.40. The maximum Gasteiger partial charge on any atom is 0.287 e. The van der Waals surface area contributed by atoms with Crippen molar-refractivity contribution in [3.63, 3.8) is 0 Å². The molecule has 1 aliphatic carbocycles. The number of rotatable bonds is 7. The van der Waals surface area contributed by atoms with E-state index >= 15 is 0 Å². The molecule has 4 rings (SSSR count). The molecular formula is C20H23N5O3. The van der Waals surface area contributed by atoms with E-state index in [2.05, 4.69) is 15.7 Å². The monoisotopic (exact) mass is 381 g/mol.